The number of nitrogens with one attached hydrogen (secondary N) is 1. The minimum atomic E-state index is -2.41. The van der Waals surface area contributed by atoms with E-state index in [9.17, 15) is 24.4 Å². The summed E-state index contributed by atoms with van der Waals surface area (Å²) in [6.07, 6.45) is -1.06. The van der Waals surface area contributed by atoms with Gasteiger partial charge in [0, 0.05) is 12.3 Å². The molecule has 0 radical (unpaired) electrons. The molecule has 13 nitrogen and oxygen atoms in total. The Balaban J connectivity index is 1.57. The van der Waals surface area contributed by atoms with Crippen LogP contribution in [0.15, 0.2) is 46.1 Å². The lowest BCUT2D eigenvalue weighted by Crippen LogP contribution is -2.39. The molecule has 1 amide bonds. The van der Waals surface area contributed by atoms with Crippen molar-refractivity contribution < 1.29 is 38.4 Å². The quantitative estimate of drug-likeness (QED) is 0.190. The minimum absolute atomic E-state index is 0.236. The summed E-state index contributed by atoms with van der Waals surface area (Å²) in [5.74, 6) is -0.205. The number of amides is 1. The van der Waals surface area contributed by atoms with E-state index < -0.39 is 50.2 Å². The number of hydrogen-bond donors (Lipinski definition) is 4. The van der Waals surface area contributed by atoms with E-state index in [2.05, 4.69) is 11.9 Å². The summed E-state index contributed by atoms with van der Waals surface area (Å²) in [6, 6.07) is 8.01. The Labute approximate surface area is 206 Å². The molecule has 2 aromatic rings. The van der Waals surface area contributed by atoms with Crippen molar-refractivity contribution >= 4 is 20.3 Å². The molecule has 1 unspecified atom stereocenters. The van der Waals surface area contributed by atoms with Gasteiger partial charge >= 0.3 is 17.5 Å². The maximum atomic E-state index is 13.0. The van der Waals surface area contributed by atoms with Crippen LogP contribution in [0.4, 0.5) is 0 Å². The van der Waals surface area contributed by atoms with Crippen molar-refractivity contribution in [1.82, 2.24) is 9.55 Å². The number of fused-ring (bicyclic) bond motifs is 1. The fraction of sp³-hybridized carbons (Fsp3) is 0.455. The summed E-state index contributed by atoms with van der Waals surface area (Å²) < 4.78 is 19.0. The molecule has 0 spiro atoms. The number of aromatic nitrogens is 2. The Kier molecular flexibility index (Phi) is 8.29. The van der Waals surface area contributed by atoms with E-state index in [1.54, 1.807) is 24.3 Å². The number of aromatic amines is 1. The van der Waals surface area contributed by atoms with Gasteiger partial charge in [-0.2, -0.15) is 0 Å². The topological polar surface area (TPSA) is 178 Å². The fourth-order valence-corrected chi connectivity index (χ4v) is 4.57. The first kappa shape index (κ1) is 26.1. The van der Waals surface area contributed by atoms with E-state index in [0.29, 0.717) is 17.7 Å². The molecular weight excluding hydrogens is 495 g/mol. The van der Waals surface area contributed by atoms with Gasteiger partial charge in [0.05, 0.1) is 11.3 Å². The summed E-state index contributed by atoms with van der Waals surface area (Å²) in [5, 5.41) is 10.8. The normalized spacial score (nSPS) is 24.2. The lowest BCUT2D eigenvalue weighted by Gasteiger charge is -2.20. The molecule has 2 aliphatic heterocycles. The van der Waals surface area contributed by atoms with Gasteiger partial charge in [-0.1, -0.05) is 31.9 Å². The number of hydroxylamine groups is 1. The van der Waals surface area contributed by atoms with Crippen molar-refractivity contribution in [2.45, 2.75) is 50.7 Å². The van der Waals surface area contributed by atoms with Crippen molar-refractivity contribution in [1.29, 1.82) is 0 Å². The van der Waals surface area contributed by atoms with Crippen LogP contribution in [0.5, 0.6) is 0 Å². The van der Waals surface area contributed by atoms with Crippen LogP contribution in [-0.2, 0) is 18.8 Å². The molecule has 5 N–H and O–H groups in total. The first-order valence-electron chi connectivity index (χ1n) is 11.4. The molecule has 194 valence electrons. The number of carbonyl (C=O) groups is 1. The molecular formula is C22H28N4O9P+. The van der Waals surface area contributed by atoms with Crippen LogP contribution in [0.2, 0.25) is 0 Å². The largest absolute Gasteiger partial charge is 0.471 e. The number of unbranched alkanes of at least 4 members (excludes halogenated alkanes) is 2. The van der Waals surface area contributed by atoms with Crippen molar-refractivity contribution in [2.75, 3.05) is 13.2 Å². The number of carbonyl (C=O) groups excluding carboxylic acids is 1. The standard InChI is InChI=1S/C22H27N4O9P/c1-2-3-6-11-32-20-14-8-5-4-7-13(14)19(29)26(20)33-12-15-18(35-36(23)31)17(28)21(34-15)25-10-9-16(27)24-22(25)30/h4-5,7-10,15,17-18,21,28,31H,2-3,6,11-12,23H2,1H3/p+1/t15-,17-,18-,21-,36?/m1/s1. The molecule has 3 heterocycles. The zero-order chi connectivity index (χ0) is 25.8. The molecule has 2 aliphatic rings. The second-order valence-electron chi connectivity index (χ2n) is 8.25. The van der Waals surface area contributed by atoms with Crippen LogP contribution in [0.3, 0.4) is 0 Å². The third kappa shape index (κ3) is 5.41. The van der Waals surface area contributed by atoms with Crippen molar-refractivity contribution in [3.8, 4) is 0 Å². The average molecular weight is 523 g/mol. The highest BCUT2D eigenvalue weighted by Crippen LogP contribution is 2.37. The number of hydrogen-bond acceptors (Lipinski definition) is 10. The van der Waals surface area contributed by atoms with Crippen LogP contribution in [0, 0.1) is 0 Å². The Morgan fingerprint density at radius 2 is 1.94 bits per heavy atom. The lowest BCUT2D eigenvalue weighted by atomic mass is 10.1. The monoisotopic (exact) mass is 523 g/mol. The van der Waals surface area contributed by atoms with Crippen molar-refractivity contribution in [3.05, 3.63) is 68.5 Å². The number of H-pyrrole nitrogens is 1. The Morgan fingerprint density at radius 3 is 2.64 bits per heavy atom. The molecule has 0 aliphatic carbocycles. The van der Waals surface area contributed by atoms with Gasteiger partial charge in [0.2, 0.25) is 0 Å². The summed E-state index contributed by atoms with van der Waals surface area (Å²) in [6.45, 7) is 2.13. The first-order chi connectivity index (χ1) is 17.3. The van der Waals surface area contributed by atoms with E-state index in [1.165, 1.54) is 0 Å². The maximum absolute atomic E-state index is 13.0. The third-order valence-electron chi connectivity index (χ3n) is 5.78. The molecule has 36 heavy (non-hydrogen) atoms. The number of benzene rings is 1. The van der Waals surface area contributed by atoms with Gasteiger partial charge in [0.25, 0.3) is 14.1 Å². The number of rotatable bonds is 10. The molecule has 1 aromatic heterocycles. The van der Waals surface area contributed by atoms with Gasteiger partial charge in [-0.05, 0) is 18.6 Å². The van der Waals surface area contributed by atoms with Gasteiger partial charge in [-0.3, -0.25) is 24.7 Å². The minimum Gasteiger partial charge on any atom is -0.441 e. The summed E-state index contributed by atoms with van der Waals surface area (Å²) in [5.41, 5.74) is 4.97. The number of aliphatic hydroxyl groups excluding tert-OH is 1. The number of nitrogens with zero attached hydrogens (tertiary/aromatic N) is 2. The zero-order valence-electron chi connectivity index (χ0n) is 19.5. The molecule has 1 saturated heterocycles. The molecule has 1 fully saturated rings. The van der Waals surface area contributed by atoms with Gasteiger partial charge < -0.3 is 24.0 Å². The van der Waals surface area contributed by atoms with Gasteiger partial charge in [0.1, 0.15) is 29.4 Å². The summed E-state index contributed by atoms with van der Waals surface area (Å²) in [4.78, 5) is 54.2. The fourth-order valence-electron chi connectivity index (χ4n) is 4.06. The highest BCUT2D eigenvalue weighted by molar-refractivity contribution is 7.43. The molecule has 1 aromatic carbocycles. The Morgan fingerprint density at radius 1 is 1.19 bits per heavy atom. The molecule has 4 rings (SSSR count). The van der Waals surface area contributed by atoms with E-state index in [0.717, 1.165) is 40.8 Å². The van der Waals surface area contributed by atoms with Gasteiger partial charge in [0.15, 0.2) is 12.8 Å². The van der Waals surface area contributed by atoms with E-state index in [4.69, 9.17) is 24.3 Å². The van der Waals surface area contributed by atoms with Gasteiger partial charge in [-0.25, -0.2) is 9.59 Å². The zero-order valence-corrected chi connectivity index (χ0v) is 20.4. The predicted molar refractivity (Wildman–Crippen MR) is 126 cm³/mol. The first-order valence-corrected chi connectivity index (χ1v) is 12.7. The predicted octanol–water partition coefficient (Wildman–Crippen LogP) is 0.110. The van der Waals surface area contributed by atoms with E-state index in [1.807, 2.05) is 0 Å². The van der Waals surface area contributed by atoms with Crippen LogP contribution in [0.25, 0.3) is 0 Å². The van der Waals surface area contributed by atoms with Crippen LogP contribution >= 0.6 is 8.53 Å². The SMILES string of the molecule is CCCCCOC1=[N+](OC[C@H]2O[C@@H](n3ccc(=O)[nH]c3=O)[C@H](O)[C@@H]2OP(N)O)C(=O)c2ccccc21. The molecule has 0 bridgehead atoms. The molecule has 0 saturated carbocycles. The second-order valence-corrected chi connectivity index (χ2v) is 9.06. The summed E-state index contributed by atoms with van der Waals surface area (Å²) in [7, 11) is -2.41. The second kappa shape index (κ2) is 11.4. The highest BCUT2D eigenvalue weighted by Gasteiger charge is 2.50. The summed E-state index contributed by atoms with van der Waals surface area (Å²) >= 11 is 0. The highest BCUT2D eigenvalue weighted by atomic mass is 31.2. The van der Waals surface area contributed by atoms with Crippen LogP contribution < -0.4 is 16.8 Å². The molecule has 5 atom stereocenters. The average Bonchev–Trinajstić information content (AvgIpc) is 3.29. The van der Waals surface area contributed by atoms with E-state index in [-0.39, 0.29) is 12.5 Å². The smallest absolute Gasteiger partial charge is 0.441 e. The third-order valence-corrected chi connectivity index (χ3v) is 6.24. The van der Waals surface area contributed by atoms with E-state index >= 15 is 0 Å². The van der Waals surface area contributed by atoms with Crippen LogP contribution in [0.1, 0.15) is 48.3 Å². The number of aliphatic hydroxyl groups is 1. The Bertz CT molecular complexity index is 1240. The lowest BCUT2D eigenvalue weighted by molar-refractivity contribution is -0.719. The van der Waals surface area contributed by atoms with Crippen LogP contribution in [-0.4, -0.2) is 67.6 Å². The van der Waals surface area contributed by atoms with Crippen molar-refractivity contribution in [2.24, 2.45) is 5.50 Å². The number of nitrogens with two attached hydrogens (primary N) is 1. The molecule has 14 heteroatoms. The Hall–Kier alpha value is -2.93. The van der Waals surface area contributed by atoms with Crippen molar-refractivity contribution in [3.63, 3.8) is 0 Å². The number of ether oxygens (including phenoxy) is 2. The van der Waals surface area contributed by atoms with Gasteiger partial charge in [-0.15, -0.1) is 0 Å². The maximum Gasteiger partial charge on any atom is 0.471 e.